The van der Waals surface area contributed by atoms with E-state index in [4.69, 9.17) is 5.73 Å². The quantitative estimate of drug-likeness (QED) is 0.512. The Balaban J connectivity index is 2.36. The van der Waals surface area contributed by atoms with Crippen LogP contribution in [0.25, 0.3) is 22.2 Å². The molecular formula is C28H35N3O3. The number of aldehydes is 1. The Morgan fingerprint density at radius 2 is 1.62 bits per heavy atom. The van der Waals surface area contributed by atoms with Gasteiger partial charge >= 0.3 is 0 Å². The zero-order valence-corrected chi connectivity index (χ0v) is 21.2. The Morgan fingerprint density at radius 3 is 2.15 bits per heavy atom. The first-order chi connectivity index (χ1) is 15.7. The van der Waals surface area contributed by atoms with Crippen molar-refractivity contribution in [3.8, 4) is 11.3 Å². The van der Waals surface area contributed by atoms with Crippen molar-refractivity contribution >= 4 is 29.0 Å². The third kappa shape index (κ3) is 5.06. The van der Waals surface area contributed by atoms with Crippen molar-refractivity contribution in [3.05, 3.63) is 58.7 Å². The maximum absolute atomic E-state index is 13.0. The number of hydrogen-bond donors (Lipinski definition) is 2. The average Bonchev–Trinajstić information content (AvgIpc) is 2.98. The molecule has 6 nitrogen and oxygen atoms in total. The summed E-state index contributed by atoms with van der Waals surface area (Å²) in [5, 5.41) is 3.88. The van der Waals surface area contributed by atoms with E-state index in [1.54, 1.807) is 13.8 Å². The van der Waals surface area contributed by atoms with E-state index in [0.29, 0.717) is 0 Å². The van der Waals surface area contributed by atoms with Crippen molar-refractivity contribution in [2.75, 3.05) is 0 Å². The topological polar surface area (TPSA) is 94.2 Å². The summed E-state index contributed by atoms with van der Waals surface area (Å²) < 4.78 is 1.98. The van der Waals surface area contributed by atoms with Crippen LogP contribution in [0.2, 0.25) is 0 Å². The van der Waals surface area contributed by atoms with Crippen LogP contribution in [0.4, 0.5) is 0 Å². The molecule has 0 radical (unpaired) electrons. The van der Waals surface area contributed by atoms with Crippen LogP contribution in [0, 0.1) is 13.8 Å². The van der Waals surface area contributed by atoms with Crippen molar-refractivity contribution in [2.24, 2.45) is 5.73 Å². The normalized spacial score (nSPS) is 12.1. The molecular weight excluding hydrogens is 426 g/mol. The van der Waals surface area contributed by atoms with Crippen LogP contribution < -0.4 is 11.1 Å². The molecule has 0 unspecified atom stereocenters. The fourth-order valence-corrected chi connectivity index (χ4v) is 4.45. The van der Waals surface area contributed by atoms with Crippen molar-refractivity contribution in [1.82, 2.24) is 9.88 Å². The summed E-state index contributed by atoms with van der Waals surface area (Å²) in [6.45, 7) is 13.6. The lowest BCUT2D eigenvalue weighted by molar-refractivity contribution is -0.123. The summed E-state index contributed by atoms with van der Waals surface area (Å²) >= 11 is 0. The van der Waals surface area contributed by atoms with Crippen molar-refractivity contribution in [3.63, 3.8) is 0 Å². The Hall–Kier alpha value is -3.41. The third-order valence-corrected chi connectivity index (χ3v) is 6.10. The van der Waals surface area contributed by atoms with Crippen molar-refractivity contribution in [1.29, 1.82) is 0 Å². The number of nitrogens with two attached hydrogens (primary N) is 1. The number of aryl methyl sites for hydroxylation is 2. The number of benzene rings is 2. The predicted octanol–water partition coefficient (Wildman–Crippen LogP) is 4.34. The second-order valence-electron chi connectivity index (χ2n) is 10.7. The largest absolute Gasteiger partial charge is 0.369 e. The maximum Gasteiger partial charge on any atom is 0.240 e. The predicted molar refractivity (Wildman–Crippen MR) is 137 cm³/mol. The number of hydrogen-bond acceptors (Lipinski definition) is 3. The van der Waals surface area contributed by atoms with Crippen LogP contribution in [0.15, 0.2) is 36.4 Å². The molecule has 1 aromatic heterocycles. The van der Waals surface area contributed by atoms with Crippen molar-refractivity contribution < 1.29 is 14.4 Å². The van der Waals surface area contributed by atoms with Gasteiger partial charge in [0, 0.05) is 22.9 Å². The Morgan fingerprint density at radius 1 is 1.00 bits per heavy atom. The molecule has 3 N–H and O–H groups in total. The monoisotopic (exact) mass is 461 g/mol. The van der Waals surface area contributed by atoms with E-state index >= 15 is 0 Å². The molecule has 0 aliphatic rings. The van der Waals surface area contributed by atoms with Gasteiger partial charge in [-0.3, -0.25) is 9.59 Å². The van der Waals surface area contributed by atoms with Crippen LogP contribution in [0.5, 0.6) is 0 Å². The van der Waals surface area contributed by atoms with E-state index in [0.717, 1.165) is 50.7 Å². The number of amides is 2. The SMILES string of the molecule is Cc1cc(C)cc(-c2c(CC=O)c3cc(C(C)(C)C(N)=O)ccc3n2CC(=O)NC(C)(C)C)c1. The Bertz CT molecular complexity index is 1260. The van der Waals surface area contributed by atoms with Crippen LogP contribution in [-0.2, 0) is 32.8 Å². The van der Waals surface area contributed by atoms with Crippen LogP contribution in [0.3, 0.4) is 0 Å². The summed E-state index contributed by atoms with van der Waals surface area (Å²) in [6, 6.07) is 12.0. The first-order valence-corrected chi connectivity index (χ1v) is 11.5. The molecule has 3 aromatic rings. The van der Waals surface area contributed by atoms with Gasteiger partial charge in [-0.2, -0.15) is 0 Å². The minimum absolute atomic E-state index is 0.105. The van der Waals surface area contributed by atoms with Gasteiger partial charge in [0.1, 0.15) is 12.8 Å². The first kappa shape index (κ1) is 25.2. The average molecular weight is 462 g/mol. The fourth-order valence-electron chi connectivity index (χ4n) is 4.45. The van der Waals surface area contributed by atoms with Gasteiger partial charge in [0.2, 0.25) is 11.8 Å². The number of nitrogens with one attached hydrogen (secondary N) is 1. The van der Waals surface area contributed by atoms with Gasteiger partial charge in [-0.05, 0) is 89.4 Å². The van der Waals surface area contributed by atoms with Gasteiger partial charge < -0.3 is 20.4 Å². The number of carbonyl (C=O) groups excluding carboxylic acids is 3. The highest BCUT2D eigenvalue weighted by Gasteiger charge is 2.29. The molecule has 3 rings (SSSR count). The highest BCUT2D eigenvalue weighted by molar-refractivity contribution is 5.97. The number of nitrogens with zero attached hydrogens (tertiary/aromatic N) is 1. The Kier molecular flexibility index (Phi) is 6.74. The molecule has 0 saturated carbocycles. The van der Waals surface area contributed by atoms with Gasteiger partial charge in [0.25, 0.3) is 0 Å². The first-order valence-electron chi connectivity index (χ1n) is 11.5. The molecule has 0 spiro atoms. The summed E-state index contributed by atoms with van der Waals surface area (Å²) in [6.07, 6.45) is 1.07. The van der Waals surface area contributed by atoms with Crippen LogP contribution in [-0.4, -0.2) is 28.2 Å². The van der Waals surface area contributed by atoms with Gasteiger partial charge in [-0.1, -0.05) is 23.3 Å². The van der Waals surface area contributed by atoms with Gasteiger partial charge in [-0.25, -0.2) is 0 Å². The number of aromatic nitrogens is 1. The maximum atomic E-state index is 13.0. The molecule has 2 amide bonds. The molecule has 0 aliphatic heterocycles. The molecule has 0 saturated heterocycles. The number of primary amides is 1. The summed E-state index contributed by atoms with van der Waals surface area (Å²) in [5.74, 6) is -0.545. The molecule has 0 aliphatic carbocycles. The number of carbonyl (C=O) groups is 3. The lowest BCUT2D eigenvalue weighted by atomic mass is 9.83. The molecule has 6 heteroatoms. The number of fused-ring (bicyclic) bond motifs is 1. The molecule has 0 fully saturated rings. The summed E-state index contributed by atoms with van der Waals surface area (Å²) in [7, 11) is 0. The minimum atomic E-state index is -0.877. The van der Waals surface area contributed by atoms with E-state index in [2.05, 4.69) is 23.5 Å². The molecule has 2 aromatic carbocycles. The highest BCUT2D eigenvalue weighted by atomic mass is 16.2. The van der Waals surface area contributed by atoms with E-state index in [-0.39, 0.29) is 24.4 Å². The van der Waals surface area contributed by atoms with E-state index in [1.165, 1.54) is 0 Å². The van der Waals surface area contributed by atoms with E-state index in [9.17, 15) is 14.4 Å². The minimum Gasteiger partial charge on any atom is -0.369 e. The van der Waals surface area contributed by atoms with Gasteiger partial charge in [0.15, 0.2) is 0 Å². The zero-order chi connectivity index (χ0) is 25.4. The lowest BCUT2D eigenvalue weighted by Crippen LogP contribution is -2.42. The second-order valence-corrected chi connectivity index (χ2v) is 10.7. The van der Waals surface area contributed by atoms with Gasteiger partial charge in [0.05, 0.1) is 11.1 Å². The van der Waals surface area contributed by atoms with E-state index in [1.807, 2.05) is 57.4 Å². The molecule has 34 heavy (non-hydrogen) atoms. The highest BCUT2D eigenvalue weighted by Crippen LogP contribution is 2.37. The summed E-state index contributed by atoms with van der Waals surface area (Å²) in [5.41, 5.74) is 10.8. The summed E-state index contributed by atoms with van der Waals surface area (Å²) in [4.78, 5) is 36.9. The fraction of sp³-hybridized carbons (Fsp3) is 0.393. The second kappa shape index (κ2) is 9.09. The standard InChI is InChI=1S/C28H35N3O3/c1-17-12-18(2)14-19(13-17)25-21(10-11-32)22-15-20(28(6,7)26(29)34)8-9-23(22)31(25)16-24(33)30-27(3,4)5/h8-9,11-15H,10,16H2,1-7H3,(H2,29,34)(H,30,33). The van der Waals surface area contributed by atoms with Gasteiger partial charge in [-0.15, -0.1) is 0 Å². The molecule has 180 valence electrons. The van der Waals surface area contributed by atoms with Crippen LogP contribution in [0.1, 0.15) is 56.9 Å². The third-order valence-electron chi connectivity index (χ3n) is 6.10. The zero-order valence-electron chi connectivity index (χ0n) is 21.2. The Labute approximate surface area is 201 Å². The molecule has 1 heterocycles. The van der Waals surface area contributed by atoms with Crippen molar-refractivity contribution in [2.45, 2.75) is 72.4 Å². The van der Waals surface area contributed by atoms with Crippen LogP contribution >= 0.6 is 0 Å². The van der Waals surface area contributed by atoms with E-state index < -0.39 is 11.3 Å². The lowest BCUT2D eigenvalue weighted by Gasteiger charge is -2.22. The number of rotatable bonds is 7. The smallest absolute Gasteiger partial charge is 0.240 e. The molecule has 0 bridgehead atoms. The molecule has 0 atom stereocenters.